The molecule has 0 amide bonds. The Balaban J connectivity index is 3.04. The van der Waals surface area contributed by atoms with Crippen molar-refractivity contribution in [2.24, 2.45) is 5.92 Å². The first-order valence-corrected chi connectivity index (χ1v) is 12.2. The standard InChI is InChI=1S/C23H48O11/c1-22(2)23(25)21-34-20-19-33-18-17-32-16-15-31-14-13-30-12-11-29-10-9-28-8-7-27-6-5-26-4-3-24/h22-25H,3-21H2,1-2H3. The Morgan fingerprint density at radius 1 is 0.412 bits per heavy atom. The van der Waals surface area contributed by atoms with Crippen molar-refractivity contribution in [3.8, 4) is 0 Å². The van der Waals surface area contributed by atoms with Gasteiger partial charge in [-0.15, -0.1) is 0 Å². The van der Waals surface area contributed by atoms with Crippen LogP contribution in [-0.4, -0.2) is 142 Å². The summed E-state index contributed by atoms with van der Waals surface area (Å²) < 4.78 is 48.2. The summed E-state index contributed by atoms with van der Waals surface area (Å²) >= 11 is 0. The van der Waals surface area contributed by atoms with Crippen LogP contribution in [0.15, 0.2) is 0 Å². The van der Waals surface area contributed by atoms with Crippen LogP contribution in [0.4, 0.5) is 0 Å². The third-order valence-corrected chi connectivity index (χ3v) is 4.27. The van der Waals surface area contributed by atoms with Crippen LogP contribution in [0.1, 0.15) is 13.8 Å². The van der Waals surface area contributed by atoms with Crippen LogP contribution in [0.2, 0.25) is 0 Å². The van der Waals surface area contributed by atoms with Crippen molar-refractivity contribution in [2.45, 2.75) is 20.0 Å². The molecule has 11 heteroatoms. The van der Waals surface area contributed by atoms with E-state index in [-0.39, 0.29) is 12.5 Å². The van der Waals surface area contributed by atoms with Crippen molar-refractivity contribution in [1.29, 1.82) is 0 Å². The second-order valence-corrected chi connectivity index (χ2v) is 7.51. The maximum atomic E-state index is 9.59. The maximum Gasteiger partial charge on any atom is 0.0796 e. The number of rotatable bonds is 29. The molecule has 34 heavy (non-hydrogen) atoms. The minimum absolute atomic E-state index is 0.0272. The Kier molecular flexibility index (Phi) is 28.4. The lowest BCUT2D eigenvalue weighted by Crippen LogP contribution is -2.22. The number of aliphatic hydroxyl groups excluding tert-OH is 2. The molecule has 0 saturated carbocycles. The summed E-state index contributed by atoms with van der Waals surface area (Å²) in [6, 6.07) is 0. The fraction of sp³-hybridized carbons (Fsp3) is 1.00. The summed E-state index contributed by atoms with van der Waals surface area (Å²) in [6.45, 7) is 12.6. The molecule has 0 heterocycles. The quantitative estimate of drug-likeness (QED) is 0.136. The van der Waals surface area contributed by atoms with E-state index in [2.05, 4.69) is 0 Å². The lowest BCUT2D eigenvalue weighted by atomic mass is 10.1. The van der Waals surface area contributed by atoms with Gasteiger partial charge in [-0.25, -0.2) is 0 Å². The van der Waals surface area contributed by atoms with Crippen molar-refractivity contribution in [3.63, 3.8) is 0 Å². The first kappa shape index (κ1) is 33.6. The second-order valence-electron chi connectivity index (χ2n) is 7.51. The minimum atomic E-state index is -0.431. The van der Waals surface area contributed by atoms with E-state index in [4.69, 9.17) is 47.7 Å². The summed E-state index contributed by atoms with van der Waals surface area (Å²) in [5.74, 6) is 0.195. The van der Waals surface area contributed by atoms with E-state index in [1.54, 1.807) is 0 Å². The van der Waals surface area contributed by atoms with E-state index in [1.807, 2.05) is 13.8 Å². The van der Waals surface area contributed by atoms with E-state index in [0.29, 0.717) is 119 Å². The Labute approximate surface area is 204 Å². The number of hydrogen-bond acceptors (Lipinski definition) is 11. The van der Waals surface area contributed by atoms with Crippen LogP contribution in [0.3, 0.4) is 0 Å². The third-order valence-electron chi connectivity index (χ3n) is 4.27. The molecule has 0 saturated heterocycles. The van der Waals surface area contributed by atoms with Gasteiger partial charge >= 0.3 is 0 Å². The molecule has 2 N–H and O–H groups in total. The molecule has 0 bridgehead atoms. The largest absolute Gasteiger partial charge is 0.394 e. The van der Waals surface area contributed by atoms with Gasteiger partial charge in [0.1, 0.15) is 0 Å². The van der Waals surface area contributed by atoms with Gasteiger partial charge in [0.05, 0.1) is 132 Å². The van der Waals surface area contributed by atoms with Crippen LogP contribution in [-0.2, 0) is 42.6 Å². The lowest BCUT2D eigenvalue weighted by Gasteiger charge is -2.14. The Morgan fingerprint density at radius 3 is 0.882 bits per heavy atom. The zero-order valence-electron chi connectivity index (χ0n) is 21.2. The van der Waals surface area contributed by atoms with E-state index in [9.17, 15) is 5.11 Å². The molecule has 0 aromatic carbocycles. The van der Waals surface area contributed by atoms with Gasteiger partial charge < -0.3 is 52.8 Å². The van der Waals surface area contributed by atoms with E-state index < -0.39 is 6.10 Å². The molecule has 0 aliphatic carbocycles. The summed E-state index contributed by atoms with van der Waals surface area (Å²) in [5, 5.41) is 18.1. The van der Waals surface area contributed by atoms with Crippen molar-refractivity contribution in [2.75, 3.05) is 126 Å². The first-order valence-electron chi connectivity index (χ1n) is 12.2. The van der Waals surface area contributed by atoms with Crippen LogP contribution in [0.5, 0.6) is 0 Å². The van der Waals surface area contributed by atoms with Gasteiger partial charge in [0.25, 0.3) is 0 Å². The average molecular weight is 501 g/mol. The highest BCUT2D eigenvalue weighted by Crippen LogP contribution is 2.00. The molecular formula is C23H48O11. The highest BCUT2D eigenvalue weighted by atomic mass is 16.6. The fourth-order valence-corrected chi connectivity index (χ4v) is 2.22. The zero-order chi connectivity index (χ0) is 25.0. The maximum absolute atomic E-state index is 9.59. The van der Waals surface area contributed by atoms with Crippen LogP contribution < -0.4 is 0 Å². The van der Waals surface area contributed by atoms with Crippen molar-refractivity contribution < 1.29 is 52.8 Å². The molecule has 0 fully saturated rings. The van der Waals surface area contributed by atoms with E-state index in [1.165, 1.54) is 0 Å². The molecule has 0 rings (SSSR count). The molecule has 0 aromatic rings. The molecule has 0 spiro atoms. The molecule has 1 unspecified atom stereocenters. The van der Waals surface area contributed by atoms with Gasteiger partial charge in [0.15, 0.2) is 0 Å². The topological polar surface area (TPSA) is 124 Å². The summed E-state index contributed by atoms with van der Waals surface area (Å²) in [5.41, 5.74) is 0. The Morgan fingerprint density at radius 2 is 0.647 bits per heavy atom. The van der Waals surface area contributed by atoms with Crippen LogP contribution >= 0.6 is 0 Å². The van der Waals surface area contributed by atoms with Gasteiger partial charge in [-0.1, -0.05) is 13.8 Å². The van der Waals surface area contributed by atoms with Gasteiger partial charge in [0, 0.05) is 0 Å². The normalized spacial score (nSPS) is 12.6. The first-order chi connectivity index (χ1) is 16.7. The fourth-order valence-electron chi connectivity index (χ4n) is 2.22. The van der Waals surface area contributed by atoms with Crippen molar-refractivity contribution in [1.82, 2.24) is 0 Å². The van der Waals surface area contributed by atoms with Gasteiger partial charge in [-0.2, -0.15) is 0 Å². The SMILES string of the molecule is CC(C)C(O)COCCOCCOCCOCCOCCOCCOCCOCCOCCO. The lowest BCUT2D eigenvalue weighted by molar-refractivity contribution is -0.0312. The highest BCUT2D eigenvalue weighted by molar-refractivity contribution is 4.57. The van der Waals surface area contributed by atoms with Crippen LogP contribution in [0, 0.1) is 5.92 Å². The number of aliphatic hydroxyl groups is 2. The molecule has 1 atom stereocenters. The molecule has 206 valence electrons. The minimum Gasteiger partial charge on any atom is -0.394 e. The molecule has 0 aromatic heterocycles. The molecule has 11 nitrogen and oxygen atoms in total. The Bertz CT molecular complexity index is 375. The van der Waals surface area contributed by atoms with Gasteiger partial charge in [-0.05, 0) is 5.92 Å². The van der Waals surface area contributed by atoms with Crippen LogP contribution in [0.25, 0.3) is 0 Å². The summed E-state index contributed by atoms with van der Waals surface area (Å²) in [4.78, 5) is 0. The van der Waals surface area contributed by atoms with Crippen molar-refractivity contribution >= 4 is 0 Å². The monoisotopic (exact) mass is 500 g/mol. The second kappa shape index (κ2) is 28.8. The Hall–Kier alpha value is -0.440. The molecular weight excluding hydrogens is 452 g/mol. The summed E-state index contributed by atoms with van der Waals surface area (Å²) in [6.07, 6.45) is -0.431. The number of hydrogen-bond donors (Lipinski definition) is 2. The van der Waals surface area contributed by atoms with E-state index in [0.717, 1.165) is 0 Å². The van der Waals surface area contributed by atoms with Gasteiger partial charge in [0.2, 0.25) is 0 Å². The average Bonchev–Trinajstić information content (AvgIpc) is 2.83. The summed E-state index contributed by atoms with van der Waals surface area (Å²) in [7, 11) is 0. The zero-order valence-corrected chi connectivity index (χ0v) is 21.2. The predicted octanol–water partition coefficient (Wildman–Crippen LogP) is 0.145. The van der Waals surface area contributed by atoms with Gasteiger partial charge in [-0.3, -0.25) is 0 Å². The van der Waals surface area contributed by atoms with Crippen molar-refractivity contribution in [3.05, 3.63) is 0 Å². The smallest absolute Gasteiger partial charge is 0.0796 e. The molecule has 0 radical (unpaired) electrons. The highest BCUT2D eigenvalue weighted by Gasteiger charge is 2.08. The molecule has 0 aliphatic rings. The molecule has 0 aliphatic heterocycles. The third kappa shape index (κ3) is 27.8. The number of ether oxygens (including phenoxy) is 9. The predicted molar refractivity (Wildman–Crippen MR) is 125 cm³/mol. The van der Waals surface area contributed by atoms with E-state index >= 15 is 0 Å².